The Hall–Kier alpha value is -5.58. The molecule has 0 bridgehead atoms. The number of fused-ring (bicyclic) bond motifs is 10. The zero-order chi connectivity index (χ0) is 50.4. The molecule has 0 fully saturated rings. The minimum atomic E-state index is 0.0129. The van der Waals surface area contributed by atoms with E-state index in [1.54, 1.807) is 0 Å². The van der Waals surface area contributed by atoms with E-state index in [1.807, 2.05) is 11.3 Å². The van der Waals surface area contributed by atoms with Crippen molar-refractivity contribution >= 4 is 88.7 Å². The highest BCUT2D eigenvalue weighted by atomic mass is 32.1. The van der Waals surface area contributed by atoms with Crippen molar-refractivity contribution in [2.45, 2.75) is 168 Å². The lowest BCUT2D eigenvalue weighted by Gasteiger charge is -2.48. The Morgan fingerprint density at radius 2 is 0.944 bits per heavy atom. The Morgan fingerprint density at radius 1 is 0.417 bits per heavy atom. The van der Waals surface area contributed by atoms with Crippen molar-refractivity contribution in [2.24, 2.45) is 0 Å². The second kappa shape index (κ2) is 15.0. The van der Waals surface area contributed by atoms with Crippen LogP contribution in [0.15, 0.2) is 115 Å². The molecule has 2 aliphatic heterocycles. The monoisotopic (exact) mass is 961 g/mol. The number of aryl methyl sites for hydroxylation is 2. The van der Waals surface area contributed by atoms with E-state index in [2.05, 4.69) is 222 Å². The van der Waals surface area contributed by atoms with Gasteiger partial charge in [0.05, 0.1) is 0 Å². The van der Waals surface area contributed by atoms with Crippen LogP contribution in [-0.2, 0) is 32.5 Å². The molecular weight excluding hydrogens is 888 g/mol. The Kier molecular flexibility index (Phi) is 9.65. The number of hydrogen-bond donors (Lipinski definition) is 0. The lowest BCUT2D eigenvalue weighted by atomic mass is 9.33. The topological polar surface area (TPSA) is 6.48 Å². The summed E-state index contributed by atoms with van der Waals surface area (Å²) < 4.78 is 2.69. The summed E-state index contributed by atoms with van der Waals surface area (Å²) in [5.74, 6) is 0. The SMILES string of the molecule is Cc1cc2c3c(c1)N(c1cc4c(cc1C)C(C)(C)CCC4(C)C)c1ccc(-c4cccc5sc6ccccc6c45)cc1B3c1cc3c(cc1N2c1ccc2c(c1)C(C)(C)CCC2(C)C)C(C)(C)CCC3(C)C. The molecule has 0 N–H and O–H groups in total. The first-order valence-electron chi connectivity index (χ1n) is 27.2. The molecule has 0 radical (unpaired) electrons. The minimum Gasteiger partial charge on any atom is -0.311 e. The number of hydrogen-bond acceptors (Lipinski definition) is 3. The van der Waals surface area contributed by atoms with Gasteiger partial charge in [-0.3, -0.25) is 0 Å². The largest absolute Gasteiger partial charge is 0.311 e. The van der Waals surface area contributed by atoms with Crippen molar-refractivity contribution in [3.8, 4) is 11.1 Å². The van der Waals surface area contributed by atoms with Crippen LogP contribution in [0.3, 0.4) is 0 Å². The Bertz CT molecular complexity index is 3650. The van der Waals surface area contributed by atoms with E-state index in [0.717, 1.165) is 0 Å². The highest BCUT2D eigenvalue weighted by Crippen LogP contribution is 2.55. The molecule has 72 heavy (non-hydrogen) atoms. The summed E-state index contributed by atoms with van der Waals surface area (Å²) >= 11 is 1.91. The fourth-order valence-electron chi connectivity index (χ4n) is 14.6. The third-order valence-corrected chi connectivity index (χ3v) is 20.5. The van der Waals surface area contributed by atoms with E-state index in [-0.39, 0.29) is 39.2 Å². The van der Waals surface area contributed by atoms with Gasteiger partial charge in [-0.25, -0.2) is 0 Å². The van der Waals surface area contributed by atoms with E-state index in [0.29, 0.717) is 0 Å². The van der Waals surface area contributed by atoms with Crippen LogP contribution < -0.4 is 26.2 Å². The summed E-state index contributed by atoms with van der Waals surface area (Å²) in [6.45, 7) is 34.5. The van der Waals surface area contributed by atoms with Crippen LogP contribution >= 0.6 is 11.3 Å². The molecule has 4 heteroatoms. The highest BCUT2D eigenvalue weighted by molar-refractivity contribution is 7.26. The summed E-state index contributed by atoms with van der Waals surface area (Å²) in [6, 6.07) is 46.8. The van der Waals surface area contributed by atoms with Crippen LogP contribution in [0.25, 0.3) is 31.3 Å². The predicted octanol–water partition coefficient (Wildman–Crippen LogP) is 17.5. The Balaban J connectivity index is 1.15. The molecule has 364 valence electrons. The lowest BCUT2D eigenvalue weighted by molar-refractivity contribution is 0.332. The summed E-state index contributed by atoms with van der Waals surface area (Å²) in [4.78, 5) is 5.44. The van der Waals surface area contributed by atoms with Crippen molar-refractivity contribution in [3.05, 3.63) is 160 Å². The summed E-state index contributed by atoms with van der Waals surface area (Å²) in [5.41, 5.74) is 26.8. The Labute approximate surface area is 435 Å². The normalized spacial score (nSPS) is 20.1. The smallest absolute Gasteiger partial charge is 0.252 e. The molecule has 0 amide bonds. The first kappa shape index (κ1) is 46.2. The number of nitrogens with zero attached hydrogens (tertiary/aromatic N) is 2. The Morgan fingerprint density at radius 3 is 1.60 bits per heavy atom. The fourth-order valence-corrected chi connectivity index (χ4v) is 15.7. The average Bonchev–Trinajstić information content (AvgIpc) is 3.72. The molecule has 0 atom stereocenters. The summed E-state index contributed by atoms with van der Waals surface area (Å²) in [7, 11) is 0. The second-order valence-corrected chi connectivity index (χ2v) is 28.1. The van der Waals surface area contributed by atoms with Crippen molar-refractivity contribution in [1.82, 2.24) is 0 Å². The van der Waals surface area contributed by atoms with Crippen LogP contribution in [0.1, 0.15) is 166 Å². The maximum atomic E-state index is 2.73. The standard InChI is InChI=1S/C68H73BN2S/c1-40-32-57-62-58(33-40)71(55-38-50-47(34-41(55)2)64(5,6)28-30-67(50,11)12)54-25-22-42(44-19-17-21-60-61(44)45-18-15-16-20-59(45)72-60)35-52(54)69(62)53-37-49-51(68(13,14)31-29-66(49,9)10)39-56(53)70(57)43-23-24-46-48(36-43)65(7,8)27-26-63(46,3)4/h15-25,32-39H,26-31H2,1-14H3. The van der Waals surface area contributed by atoms with Crippen LogP contribution in [0.2, 0.25) is 0 Å². The van der Waals surface area contributed by atoms with E-state index >= 15 is 0 Å². The van der Waals surface area contributed by atoms with E-state index in [9.17, 15) is 0 Å². The number of thiophene rings is 1. The maximum absolute atomic E-state index is 2.73. The van der Waals surface area contributed by atoms with Gasteiger partial charge in [0.2, 0.25) is 0 Å². The molecule has 1 aromatic heterocycles. The van der Waals surface area contributed by atoms with Crippen molar-refractivity contribution in [2.75, 3.05) is 9.80 Å². The van der Waals surface area contributed by atoms with Gasteiger partial charge in [-0.1, -0.05) is 144 Å². The van der Waals surface area contributed by atoms with Gasteiger partial charge in [0.15, 0.2) is 0 Å². The quantitative estimate of drug-likeness (QED) is 0.163. The van der Waals surface area contributed by atoms with Gasteiger partial charge >= 0.3 is 0 Å². The molecule has 3 aliphatic carbocycles. The van der Waals surface area contributed by atoms with Crippen LogP contribution in [-0.4, -0.2) is 6.71 Å². The zero-order valence-electron chi connectivity index (χ0n) is 45.6. The molecule has 5 aliphatic rings. The van der Waals surface area contributed by atoms with E-state index in [1.165, 1.54) is 165 Å². The van der Waals surface area contributed by atoms with Gasteiger partial charge in [0.25, 0.3) is 6.71 Å². The molecular formula is C68H73BN2S. The first-order chi connectivity index (χ1) is 34.0. The van der Waals surface area contributed by atoms with Crippen LogP contribution in [0, 0.1) is 13.8 Å². The number of anilines is 6. The van der Waals surface area contributed by atoms with Gasteiger partial charge in [-0.05, 0) is 211 Å². The minimum absolute atomic E-state index is 0.0129. The number of rotatable bonds is 3. The molecule has 2 nitrogen and oxygen atoms in total. The maximum Gasteiger partial charge on any atom is 0.252 e. The molecule has 13 rings (SSSR count). The molecule has 7 aromatic carbocycles. The van der Waals surface area contributed by atoms with Crippen molar-refractivity contribution < 1.29 is 0 Å². The third kappa shape index (κ3) is 6.58. The van der Waals surface area contributed by atoms with Gasteiger partial charge < -0.3 is 9.80 Å². The lowest BCUT2D eigenvalue weighted by Crippen LogP contribution is -2.62. The van der Waals surface area contributed by atoms with Crippen molar-refractivity contribution in [3.63, 3.8) is 0 Å². The van der Waals surface area contributed by atoms with Crippen LogP contribution in [0.4, 0.5) is 34.1 Å². The van der Waals surface area contributed by atoms with Gasteiger partial charge in [0.1, 0.15) is 0 Å². The molecule has 8 aromatic rings. The van der Waals surface area contributed by atoms with E-state index < -0.39 is 0 Å². The average molecular weight is 961 g/mol. The zero-order valence-corrected chi connectivity index (χ0v) is 46.4. The highest BCUT2D eigenvalue weighted by Gasteiger charge is 2.48. The molecule has 0 saturated heterocycles. The van der Waals surface area contributed by atoms with Gasteiger partial charge in [-0.15, -0.1) is 11.3 Å². The second-order valence-electron chi connectivity index (χ2n) is 27.0. The summed E-state index contributed by atoms with van der Waals surface area (Å²) in [6.07, 6.45) is 7.11. The van der Waals surface area contributed by atoms with Gasteiger partial charge in [0, 0.05) is 54.3 Å². The predicted molar refractivity (Wildman–Crippen MR) is 314 cm³/mol. The molecule has 0 saturated carbocycles. The van der Waals surface area contributed by atoms with Crippen LogP contribution in [0.5, 0.6) is 0 Å². The summed E-state index contributed by atoms with van der Waals surface area (Å²) in [5, 5.41) is 2.71. The molecule has 0 spiro atoms. The third-order valence-electron chi connectivity index (χ3n) is 19.4. The molecule has 0 unspecified atom stereocenters. The van der Waals surface area contributed by atoms with E-state index in [4.69, 9.17) is 0 Å². The van der Waals surface area contributed by atoms with Gasteiger partial charge in [-0.2, -0.15) is 0 Å². The first-order valence-corrected chi connectivity index (χ1v) is 28.1. The molecule has 3 heterocycles. The van der Waals surface area contributed by atoms with Crippen molar-refractivity contribution in [1.29, 1.82) is 0 Å². The number of benzene rings is 7. The fraction of sp³-hybridized carbons (Fsp3) is 0.382.